The molecule has 0 bridgehead atoms. The van der Waals surface area contributed by atoms with Crippen LogP contribution in [0.2, 0.25) is 0 Å². The van der Waals surface area contributed by atoms with E-state index in [-0.39, 0.29) is 11.6 Å². The predicted octanol–water partition coefficient (Wildman–Crippen LogP) is 4.20. The number of rotatable bonds is 7. The molecule has 152 valence electrons. The number of halogens is 1. The van der Waals surface area contributed by atoms with Gasteiger partial charge >= 0.3 is 5.56 Å². The summed E-state index contributed by atoms with van der Waals surface area (Å²) in [5, 5.41) is 3.24. The molecular formula is C22H24FN3O3. The van der Waals surface area contributed by atoms with Gasteiger partial charge in [0.15, 0.2) is 0 Å². The molecule has 0 atom stereocenters. The molecule has 1 N–H and O–H groups in total. The van der Waals surface area contributed by atoms with Gasteiger partial charge in [0.05, 0.1) is 26.5 Å². The summed E-state index contributed by atoms with van der Waals surface area (Å²) in [4.78, 5) is 16.4. The number of hydrogen-bond acceptors (Lipinski definition) is 5. The molecule has 0 unspecified atom stereocenters. The Morgan fingerprint density at radius 2 is 1.83 bits per heavy atom. The average molecular weight is 397 g/mol. The van der Waals surface area contributed by atoms with E-state index in [0.29, 0.717) is 19.1 Å². The largest absolute Gasteiger partial charge is 0.494 e. The molecule has 3 aromatic rings. The summed E-state index contributed by atoms with van der Waals surface area (Å²) in [6.07, 6.45) is 1.60. The van der Waals surface area contributed by atoms with Crippen molar-refractivity contribution in [1.82, 2.24) is 9.55 Å². The van der Waals surface area contributed by atoms with Crippen LogP contribution < -0.4 is 20.3 Å². The molecule has 0 saturated carbocycles. The van der Waals surface area contributed by atoms with Crippen LogP contribution >= 0.6 is 0 Å². The number of benzene rings is 2. The van der Waals surface area contributed by atoms with Crippen LogP contribution in [0.15, 0.2) is 47.4 Å². The number of nitrogens with zero attached hydrogens (tertiary/aromatic N) is 2. The van der Waals surface area contributed by atoms with Gasteiger partial charge in [0.25, 0.3) is 0 Å². The van der Waals surface area contributed by atoms with Gasteiger partial charge in [0.2, 0.25) is 11.7 Å². The van der Waals surface area contributed by atoms with Crippen molar-refractivity contribution in [1.29, 1.82) is 0 Å². The molecule has 0 aliphatic carbocycles. The Balaban J connectivity index is 2.00. The van der Waals surface area contributed by atoms with Crippen LogP contribution in [-0.2, 0) is 6.54 Å². The fourth-order valence-electron chi connectivity index (χ4n) is 2.98. The van der Waals surface area contributed by atoms with E-state index in [1.54, 1.807) is 22.9 Å². The molecule has 0 spiro atoms. The molecule has 2 aromatic carbocycles. The van der Waals surface area contributed by atoms with Gasteiger partial charge in [-0.2, -0.15) is 4.98 Å². The maximum absolute atomic E-state index is 13.2. The lowest BCUT2D eigenvalue weighted by atomic mass is 10.1. The SMILES string of the molecule is CCOc1cc(C)c(Nc2nc(=O)c(OC)cn2Cc2ccc(F)cc2)cc1C. The van der Waals surface area contributed by atoms with Gasteiger partial charge in [0.1, 0.15) is 11.6 Å². The van der Waals surface area contributed by atoms with E-state index in [1.165, 1.54) is 19.2 Å². The first-order valence-electron chi connectivity index (χ1n) is 9.32. The van der Waals surface area contributed by atoms with Crippen molar-refractivity contribution in [3.8, 4) is 11.5 Å². The Bertz CT molecular complexity index is 1060. The highest BCUT2D eigenvalue weighted by Crippen LogP contribution is 2.28. The van der Waals surface area contributed by atoms with Crippen molar-refractivity contribution < 1.29 is 13.9 Å². The first-order valence-corrected chi connectivity index (χ1v) is 9.32. The molecule has 0 aliphatic heterocycles. The molecule has 0 saturated heterocycles. The summed E-state index contributed by atoms with van der Waals surface area (Å²) in [5.41, 5.74) is 3.14. The Morgan fingerprint density at radius 1 is 1.10 bits per heavy atom. The molecule has 3 rings (SSSR count). The second-order valence-electron chi connectivity index (χ2n) is 6.68. The lowest BCUT2D eigenvalue weighted by Crippen LogP contribution is -2.19. The molecular weight excluding hydrogens is 373 g/mol. The summed E-state index contributed by atoms with van der Waals surface area (Å²) < 4.78 is 25.8. The molecule has 29 heavy (non-hydrogen) atoms. The highest BCUT2D eigenvalue weighted by molar-refractivity contribution is 5.62. The van der Waals surface area contributed by atoms with Gasteiger partial charge in [0, 0.05) is 5.69 Å². The highest BCUT2D eigenvalue weighted by Gasteiger charge is 2.12. The molecule has 0 radical (unpaired) electrons. The first kappa shape index (κ1) is 20.4. The number of methoxy groups -OCH3 is 1. The van der Waals surface area contributed by atoms with Gasteiger partial charge < -0.3 is 19.4 Å². The van der Waals surface area contributed by atoms with E-state index in [0.717, 1.165) is 28.1 Å². The molecule has 0 aliphatic rings. The van der Waals surface area contributed by atoms with Gasteiger partial charge in [-0.05, 0) is 61.7 Å². The minimum atomic E-state index is -0.467. The van der Waals surface area contributed by atoms with Crippen LogP contribution in [0.3, 0.4) is 0 Å². The number of nitrogens with one attached hydrogen (secondary N) is 1. The molecule has 1 aromatic heterocycles. The third-order valence-electron chi connectivity index (χ3n) is 4.52. The lowest BCUT2D eigenvalue weighted by Gasteiger charge is -2.18. The minimum Gasteiger partial charge on any atom is -0.494 e. The summed E-state index contributed by atoms with van der Waals surface area (Å²) in [5.74, 6) is 1.02. The molecule has 7 heteroatoms. The molecule has 0 amide bonds. The number of hydrogen-bond donors (Lipinski definition) is 1. The topological polar surface area (TPSA) is 65.4 Å². The van der Waals surface area contributed by atoms with E-state index in [9.17, 15) is 9.18 Å². The van der Waals surface area contributed by atoms with Crippen molar-refractivity contribution in [2.24, 2.45) is 0 Å². The number of anilines is 2. The lowest BCUT2D eigenvalue weighted by molar-refractivity contribution is 0.337. The second-order valence-corrected chi connectivity index (χ2v) is 6.68. The average Bonchev–Trinajstić information content (AvgIpc) is 2.69. The third kappa shape index (κ3) is 4.74. The Labute approximate surface area is 168 Å². The van der Waals surface area contributed by atoms with Crippen molar-refractivity contribution in [3.05, 3.63) is 75.5 Å². The standard InChI is InChI=1S/C22H24FN3O3/c1-5-29-19-11-14(2)18(10-15(19)3)24-22-25-21(27)20(28-4)13-26(22)12-16-6-8-17(23)9-7-16/h6-11,13H,5,12H2,1-4H3,(H,24,25,27). The first-order chi connectivity index (χ1) is 13.9. The number of ether oxygens (including phenoxy) is 2. The zero-order valence-corrected chi connectivity index (χ0v) is 17.0. The maximum atomic E-state index is 13.2. The van der Waals surface area contributed by atoms with E-state index < -0.39 is 5.56 Å². The quantitative estimate of drug-likeness (QED) is 0.647. The highest BCUT2D eigenvalue weighted by atomic mass is 19.1. The van der Waals surface area contributed by atoms with Crippen molar-refractivity contribution in [3.63, 3.8) is 0 Å². The van der Waals surface area contributed by atoms with Crippen LogP contribution in [0.1, 0.15) is 23.6 Å². The predicted molar refractivity (Wildman–Crippen MR) is 111 cm³/mol. The molecule has 1 heterocycles. The Kier molecular flexibility index (Phi) is 6.16. The van der Waals surface area contributed by atoms with Crippen molar-refractivity contribution in [2.45, 2.75) is 27.3 Å². The van der Waals surface area contributed by atoms with E-state index in [1.807, 2.05) is 32.9 Å². The number of aryl methyl sites for hydroxylation is 2. The molecule has 6 nitrogen and oxygen atoms in total. The van der Waals surface area contributed by atoms with Gasteiger partial charge in [-0.3, -0.25) is 4.79 Å². The zero-order chi connectivity index (χ0) is 21.0. The summed E-state index contributed by atoms with van der Waals surface area (Å²) in [6.45, 7) is 6.83. The monoisotopic (exact) mass is 397 g/mol. The second kappa shape index (κ2) is 8.77. The summed E-state index contributed by atoms with van der Waals surface area (Å²) in [6, 6.07) is 10.1. The van der Waals surface area contributed by atoms with Crippen LogP contribution in [0, 0.1) is 19.7 Å². The van der Waals surface area contributed by atoms with Crippen LogP contribution in [-0.4, -0.2) is 23.3 Å². The van der Waals surface area contributed by atoms with Crippen LogP contribution in [0.5, 0.6) is 11.5 Å². The van der Waals surface area contributed by atoms with Gasteiger partial charge in [-0.1, -0.05) is 12.1 Å². The smallest absolute Gasteiger partial charge is 0.316 e. The number of aromatic nitrogens is 2. The van der Waals surface area contributed by atoms with E-state index in [2.05, 4.69) is 10.3 Å². The van der Waals surface area contributed by atoms with E-state index in [4.69, 9.17) is 9.47 Å². The van der Waals surface area contributed by atoms with Crippen LogP contribution in [0.25, 0.3) is 0 Å². The minimum absolute atomic E-state index is 0.136. The Hall–Kier alpha value is -3.35. The Morgan fingerprint density at radius 3 is 2.48 bits per heavy atom. The third-order valence-corrected chi connectivity index (χ3v) is 4.52. The maximum Gasteiger partial charge on any atom is 0.316 e. The summed E-state index contributed by atoms with van der Waals surface area (Å²) in [7, 11) is 1.42. The van der Waals surface area contributed by atoms with Crippen molar-refractivity contribution in [2.75, 3.05) is 19.0 Å². The molecule has 0 fully saturated rings. The van der Waals surface area contributed by atoms with E-state index >= 15 is 0 Å². The van der Waals surface area contributed by atoms with Crippen molar-refractivity contribution >= 4 is 11.6 Å². The van der Waals surface area contributed by atoms with Gasteiger partial charge in [-0.25, -0.2) is 4.39 Å². The summed E-state index contributed by atoms with van der Waals surface area (Å²) >= 11 is 0. The normalized spacial score (nSPS) is 10.7. The fraction of sp³-hybridized carbons (Fsp3) is 0.273. The zero-order valence-electron chi connectivity index (χ0n) is 17.0. The van der Waals surface area contributed by atoms with Crippen LogP contribution in [0.4, 0.5) is 16.0 Å². The fourth-order valence-corrected chi connectivity index (χ4v) is 2.98. The van der Waals surface area contributed by atoms with Gasteiger partial charge in [-0.15, -0.1) is 0 Å².